The maximum Gasteiger partial charge on any atom is 0.123 e. The van der Waals surface area contributed by atoms with Gasteiger partial charge in [0.15, 0.2) is 0 Å². The van der Waals surface area contributed by atoms with Gasteiger partial charge in [0.2, 0.25) is 0 Å². The van der Waals surface area contributed by atoms with Gasteiger partial charge in [-0.1, -0.05) is 0 Å². The number of hydrogen-bond acceptors (Lipinski definition) is 3. The Morgan fingerprint density at radius 2 is 2.35 bits per heavy atom. The lowest BCUT2D eigenvalue weighted by atomic mass is 10.1. The number of likely N-dealkylation sites (tertiary alicyclic amines) is 1. The molecule has 3 unspecified atom stereocenters. The van der Waals surface area contributed by atoms with E-state index in [4.69, 9.17) is 4.74 Å². The van der Waals surface area contributed by atoms with Gasteiger partial charge in [-0.3, -0.25) is 4.90 Å². The zero-order chi connectivity index (χ0) is 14.1. The highest BCUT2D eigenvalue weighted by atomic mass is 19.1. The monoisotopic (exact) mass is 279 g/mol. The van der Waals surface area contributed by atoms with Crippen LogP contribution >= 0.6 is 0 Å². The number of fused-ring (bicyclic) bond motifs is 1. The molecule has 2 heterocycles. The smallest absolute Gasteiger partial charge is 0.123 e. The van der Waals surface area contributed by atoms with Crippen molar-refractivity contribution in [2.24, 2.45) is 0 Å². The molecule has 0 saturated carbocycles. The first-order chi connectivity index (χ1) is 9.61. The van der Waals surface area contributed by atoms with Gasteiger partial charge in [-0.25, -0.2) is 4.39 Å². The van der Waals surface area contributed by atoms with Crippen molar-refractivity contribution < 1.29 is 14.2 Å². The van der Waals surface area contributed by atoms with Crippen LogP contribution in [0, 0.1) is 5.82 Å². The van der Waals surface area contributed by atoms with E-state index in [2.05, 4.69) is 4.90 Å². The molecule has 1 aromatic rings. The summed E-state index contributed by atoms with van der Waals surface area (Å²) in [6.45, 7) is 3.79. The second-order valence-corrected chi connectivity index (χ2v) is 6.07. The molecule has 4 heteroatoms. The lowest BCUT2D eigenvalue weighted by Crippen LogP contribution is -2.39. The third-order valence-corrected chi connectivity index (χ3v) is 4.31. The van der Waals surface area contributed by atoms with Gasteiger partial charge in [-0.15, -0.1) is 0 Å². The fraction of sp³-hybridized carbons (Fsp3) is 0.625. The minimum Gasteiger partial charge on any atom is -0.488 e. The van der Waals surface area contributed by atoms with Crippen molar-refractivity contribution in [2.75, 3.05) is 13.1 Å². The van der Waals surface area contributed by atoms with E-state index in [1.54, 1.807) is 12.1 Å². The van der Waals surface area contributed by atoms with Crippen molar-refractivity contribution in [3.63, 3.8) is 0 Å². The van der Waals surface area contributed by atoms with E-state index in [0.717, 1.165) is 43.7 Å². The van der Waals surface area contributed by atoms with E-state index in [9.17, 15) is 9.50 Å². The summed E-state index contributed by atoms with van der Waals surface area (Å²) in [5.41, 5.74) is 0.973. The Labute approximate surface area is 119 Å². The van der Waals surface area contributed by atoms with Crippen LogP contribution in [0.4, 0.5) is 4.39 Å². The van der Waals surface area contributed by atoms with Crippen LogP contribution in [0.15, 0.2) is 18.2 Å². The summed E-state index contributed by atoms with van der Waals surface area (Å²) in [5, 5.41) is 9.56. The van der Waals surface area contributed by atoms with Crippen molar-refractivity contribution in [1.82, 2.24) is 4.90 Å². The second kappa shape index (κ2) is 5.70. The Hall–Kier alpha value is -1.13. The molecule has 110 valence electrons. The molecule has 0 aromatic heterocycles. The first-order valence-corrected chi connectivity index (χ1v) is 7.49. The Balaban J connectivity index is 1.60. The van der Waals surface area contributed by atoms with Crippen LogP contribution in [0.1, 0.15) is 31.7 Å². The van der Waals surface area contributed by atoms with Gasteiger partial charge in [0.1, 0.15) is 17.7 Å². The average molecular weight is 279 g/mol. The summed E-state index contributed by atoms with van der Waals surface area (Å²) >= 11 is 0. The van der Waals surface area contributed by atoms with Crippen LogP contribution in [0.5, 0.6) is 5.75 Å². The number of benzene rings is 1. The molecule has 1 aromatic carbocycles. The molecule has 2 aliphatic rings. The standard InChI is InChI=1S/C16H22FNO2/c1-11(19)7-14-3-2-6-18(14)10-15-9-12-8-13(17)4-5-16(12)20-15/h4-5,8,11,14-15,19H,2-3,6-7,9-10H2,1H3. The Morgan fingerprint density at radius 1 is 1.50 bits per heavy atom. The SMILES string of the molecule is CC(O)CC1CCCN1CC1Cc2cc(F)ccc2O1. The molecule has 0 spiro atoms. The summed E-state index contributed by atoms with van der Waals surface area (Å²) in [7, 11) is 0. The van der Waals surface area contributed by atoms with Crippen LogP contribution < -0.4 is 4.74 Å². The molecule has 0 amide bonds. The molecular formula is C16H22FNO2. The molecule has 1 saturated heterocycles. The summed E-state index contributed by atoms with van der Waals surface area (Å²) in [6.07, 6.45) is 3.81. The van der Waals surface area contributed by atoms with Crippen LogP contribution in [-0.4, -0.2) is 41.3 Å². The van der Waals surface area contributed by atoms with Crippen molar-refractivity contribution in [1.29, 1.82) is 0 Å². The lowest BCUT2D eigenvalue weighted by molar-refractivity contribution is 0.103. The predicted octanol–water partition coefficient (Wildman–Crippen LogP) is 2.36. The molecule has 1 N–H and O–H groups in total. The minimum atomic E-state index is -0.253. The van der Waals surface area contributed by atoms with Crippen molar-refractivity contribution >= 4 is 0 Å². The molecule has 3 atom stereocenters. The third-order valence-electron chi connectivity index (χ3n) is 4.31. The Bertz CT molecular complexity index is 478. The molecule has 3 nitrogen and oxygen atoms in total. The van der Waals surface area contributed by atoms with E-state index < -0.39 is 0 Å². The van der Waals surface area contributed by atoms with E-state index in [1.807, 2.05) is 6.92 Å². The van der Waals surface area contributed by atoms with Crippen LogP contribution in [0.25, 0.3) is 0 Å². The second-order valence-electron chi connectivity index (χ2n) is 6.07. The van der Waals surface area contributed by atoms with Gasteiger partial charge in [-0.2, -0.15) is 0 Å². The first-order valence-electron chi connectivity index (χ1n) is 7.49. The average Bonchev–Trinajstić information content (AvgIpc) is 2.95. The normalized spacial score (nSPS) is 27.4. The number of ether oxygens (including phenoxy) is 1. The number of hydrogen-bond donors (Lipinski definition) is 1. The van der Waals surface area contributed by atoms with Crippen LogP contribution in [0.3, 0.4) is 0 Å². The molecular weight excluding hydrogens is 257 g/mol. The largest absolute Gasteiger partial charge is 0.488 e. The topological polar surface area (TPSA) is 32.7 Å². The highest BCUT2D eigenvalue weighted by Gasteiger charge is 2.31. The van der Waals surface area contributed by atoms with Crippen LogP contribution in [0.2, 0.25) is 0 Å². The van der Waals surface area contributed by atoms with Crippen molar-refractivity contribution in [3.05, 3.63) is 29.6 Å². The fourth-order valence-electron chi connectivity index (χ4n) is 3.45. The molecule has 2 aliphatic heterocycles. The van der Waals surface area contributed by atoms with E-state index >= 15 is 0 Å². The first kappa shape index (κ1) is 13.8. The summed E-state index contributed by atoms with van der Waals surface area (Å²) < 4.78 is 19.1. The molecule has 0 bridgehead atoms. The lowest BCUT2D eigenvalue weighted by Gasteiger charge is -2.27. The highest BCUT2D eigenvalue weighted by molar-refractivity contribution is 5.37. The zero-order valence-electron chi connectivity index (χ0n) is 11.9. The number of nitrogens with zero attached hydrogens (tertiary/aromatic N) is 1. The minimum absolute atomic E-state index is 0.112. The predicted molar refractivity (Wildman–Crippen MR) is 75.4 cm³/mol. The Morgan fingerprint density at radius 3 is 3.15 bits per heavy atom. The maximum atomic E-state index is 13.2. The Kier molecular flexibility index (Phi) is 3.94. The van der Waals surface area contributed by atoms with Gasteiger partial charge >= 0.3 is 0 Å². The number of halogens is 1. The van der Waals surface area contributed by atoms with E-state index in [0.29, 0.717) is 6.04 Å². The summed E-state index contributed by atoms with van der Waals surface area (Å²) in [4.78, 5) is 2.42. The number of aliphatic hydroxyl groups is 1. The molecule has 20 heavy (non-hydrogen) atoms. The zero-order valence-corrected chi connectivity index (χ0v) is 11.9. The maximum absolute atomic E-state index is 13.2. The molecule has 3 rings (SSSR count). The quantitative estimate of drug-likeness (QED) is 0.918. The van der Waals surface area contributed by atoms with Gasteiger partial charge in [0.05, 0.1) is 6.10 Å². The third kappa shape index (κ3) is 2.96. The van der Waals surface area contributed by atoms with E-state index in [-0.39, 0.29) is 18.0 Å². The highest BCUT2D eigenvalue weighted by Crippen LogP contribution is 2.31. The molecule has 1 fully saturated rings. The summed E-state index contributed by atoms with van der Waals surface area (Å²) in [5.74, 6) is 0.629. The molecule has 0 aliphatic carbocycles. The van der Waals surface area contributed by atoms with Gasteiger partial charge < -0.3 is 9.84 Å². The van der Waals surface area contributed by atoms with E-state index in [1.165, 1.54) is 12.5 Å². The van der Waals surface area contributed by atoms with Crippen molar-refractivity contribution in [2.45, 2.75) is 50.9 Å². The van der Waals surface area contributed by atoms with Gasteiger partial charge in [0, 0.05) is 24.6 Å². The molecule has 0 radical (unpaired) electrons. The van der Waals surface area contributed by atoms with Gasteiger partial charge in [0.25, 0.3) is 0 Å². The van der Waals surface area contributed by atoms with Gasteiger partial charge in [-0.05, 0) is 50.9 Å². The number of aliphatic hydroxyl groups excluding tert-OH is 1. The summed E-state index contributed by atoms with van der Waals surface area (Å²) in [6, 6.07) is 5.21. The van der Waals surface area contributed by atoms with Crippen LogP contribution in [-0.2, 0) is 6.42 Å². The fourth-order valence-corrected chi connectivity index (χ4v) is 3.45. The number of rotatable bonds is 4. The van der Waals surface area contributed by atoms with Crippen molar-refractivity contribution in [3.8, 4) is 5.75 Å².